The van der Waals surface area contributed by atoms with Gasteiger partial charge in [0.25, 0.3) is 0 Å². The summed E-state index contributed by atoms with van der Waals surface area (Å²) in [5.74, 6) is -0.804. The summed E-state index contributed by atoms with van der Waals surface area (Å²) in [4.78, 5) is 12.8. The second-order valence-corrected chi connectivity index (χ2v) is 3.53. The quantitative estimate of drug-likeness (QED) is 0.671. The van der Waals surface area contributed by atoms with Gasteiger partial charge in [-0.05, 0) is 39.3 Å². The molecule has 1 fully saturated rings. The van der Waals surface area contributed by atoms with E-state index in [0.29, 0.717) is 5.57 Å². The molecule has 0 amide bonds. The molecule has 13 heavy (non-hydrogen) atoms. The first-order valence-corrected chi connectivity index (χ1v) is 4.82. The lowest BCUT2D eigenvalue weighted by atomic mass is 10.2. The molecule has 1 aliphatic heterocycles. The number of carboxylic acid groups (broad SMARTS) is 1. The molecule has 0 unspecified atom stereocenters. The molecule has 1 heterocycles. The number of carboxylic acids is 1. The molecular formula is C10H17NO2. The van der Waals surface area contributed by atoms with Crippen LogP contribution in [-0.4, -0.2) is 35.6 Å². The van der Waals surface area contributed by atoms with Gasteiger partial charge in [0.2, 0.25) is 0 Å². The normalized spacial score (nSPS) is 19.3. The predicted molar refractivity (Wildman–Crippen MR) is 51.7 cm³/mol. The highest BCUT2D eigenvalue weighted by Crippen LogP contribution is 2.08. The molecule has 0 atom stereocenters. The fourth-order valence-corrected chi connectivity index (χ4v) is 1.56. The van der Waals surface area contributed by atoms with Gasteiger partial charge in [-0.15, -0.1) is 0 Å². The zero-order chi connectivity index (χ0) is 9.68. The van der Waals surface area contributed by atoms with Gasteiger partial charge in [-0.2, -0.15) is 0 Å². The third kappa shape index (κ3) is 3.59. The molecule has 1 aliphatic rings. The molecule has 3 nitrogen and oxygen atoms in total. The molecule has 1 N–H and O–H groups in total. The van der Waals surface area contributed by atoms with Gasteiger partial charge in [0.05, 0.1) is 0 Å². The molecule has 0 saturated carbocycles. The number of aliphatic carboxylic acids is 1. The summed E-state index contributed by atoms with van der Waals surface area (Å²) >= 11 is 0. The minimum Gasteiger partial charge on any atom is -0.478 e. The molecule has 3 heteroatoms. The summed E-state index contributed by atoms with van der Waals surface area (Å²) in [6.07, 6.45) is 5.25. The molecule has 0 aromatic heterocycles. The third-order valence-corrected chi connectivity index (χ3v) is 2.43. The number of likely N-dealkylation sites (tertiary alicyclic amines) is 1. The number of hydrogen-bond acceptors (Lipinski definition) is 2. The van der Waals surface area contributed by atoms with Crippen LogP contribution in [-0.2, 0) is 4.79 Å². The first-order valence-electron chi connectivity index (χ1n) is 4.82. The van der Waals surface area contributed by atoms with Gasteiger partial charge in [-0.3, -0.25) is 0 Å². The Balaban J connectivity index is 2.18. The first-order chi connectivity index (χ1) is 6.20. The van der Waals surface area contributed by atoms with Crippen molar-refractivity contribution in [2.75, 3.05) is 19.6 Å². The Labute approximate surface area is 79.0 Å². The van der Waals surface area contributed by atoms with Crippen LogP contribution in [0.15, 0.2) is 11.6 Å². The Morgan fingerprint density at radius 2 is 2.08 bits per heavy atom. The summed E-state index contributed by atoms with van der Waals surface area (Å²) in [5.41, 5.74) is 0.458. The van der Waals surface area contributed by atoms with Gasteiger partial charge >= 0.3 is 5.97 Å². The van der Waals surface area contributed by atoms with Gasteiger partial charge < -0.3 is 10.0 Å². The van der Waals surface area contributed by atoms with Gasteiger partial charge in [0.1, 0.15) is 0 Å². The highest BCUT2D eigenvalue weighted by molar-refractivity contribution is 5.85. The second-order valence-electron chi connectivity index (χ2n) is 3.53. The fraction of sp³-hybridized carbons (Fsp3) is 0.700. The summed E-state index contributed by atoms with van der Waals surface area (Å²) in [5, 5.41) is 8.59. The molecule has 1 saturated heterocycles. The maximum absolute atomic E-state index is 10.4. The van der Waals surface area contributed by atoms with E-state index in [4.69, 9.17) is 5.11 Å². The molecule has 1 rings (SSSR count). The third-order valence-electron chi connectivity index (χ3n) is 2.43. The molecule has 0 aromatic rings. The highest BCUT2D eigenvalue weighted by atomic mass is 16.4. The van der Waals surface area contributed by atoms with E-state index in [9.17, 15) is 4.79 Å². The largest absolute Gasteiger partial charge is 0.478 e. The standard InChI is InChI=1S/C10H17NO2/c1-9(10(12)13)5-4-8-11-6-2-3-7-11/h5H,2-4,6-8H2,1H3,(H,12,13). The Morgan fingerprint density at radius 1 is 1.46 bits per heavy atom. The van der Waals surface area contributed by atoms with Crippen molar-refractivity contribution in [1.82, 2.24) is 4.90 Å². The average molecular weight is 183 g/mol. The van der Waals surface area contributed by atoms with Gasteiger partial charge in [0, 0.05) is 12.1 Å². The summed E-state index contributed by atoms with van der Waals surface area (Å²) in [6, 6.07) is 0. The Hall–Kier alpha value is -0.830. The number of hydrogen-bond donors (Lipinski definition) is 1. The van der Waals surface area contributed by atoms with Crippen LogP contribution in [0.25, 0.3) is 0 Å². The lowest BCUT2D eigenvalue weighted by Gasteiger charge is -2.12. The zero-order valence-corrected chi connectivity index (χ0v) is 8.12. The highest BCUT2D eigenvalue weighted by Gasteiger charge is 2.09. The van der Waals surface area contributed by atoms with Crippen LogP contribution in [0.5, 0.6) is 0 Å². The van der Waals surface area contributed by atoms with Crippen molar-refractivity contribution in [1.29, 1.82) is 0 Å². The van der Waals surface area contributed by atoms with Crippen LogP contribution in [0.2, 0.25) is 0 Å². The fourth-order valence-electron chi connectivity index (χ4n) is 1.56. The molecule has 0 aliphatic carbocycles. The van der Waals surface area contributed by atoms with Crippen LogP contribution in [0.3, 0.4) is 0 Å². The topological polar surface area (TPSA) is 40.5 Å². The molecule has 74 valence electrons. The van der Waals surface area contributed by atoms with E-state index in [1.165, 1.54) is 25.9 Å². The van der Waals surface area contributed by atoms with E-state index in [0.717, 1.165) is 13.0 Å². The Bertz CT molecular complexity index is 205. The zero-order valence-electron chi connectivity index (χ0n) is 8.12. The molecule has 0 radical (unpaired) electrons. The van der Waals surface area contributed by atoms with Crippen molar-refractivity contribution in [3.05, 3.63) is 11.6 Å². The Kier molecular flexibility index (Phi) is 3.96. The van der Waals surface area contributed by atoms with E-state index in [1.54, 1.807) is 13.0 Å². The van der Waals surface area contributed by atoms with Gasteiger partial charge in [0.15, 0.2) is 0 Å². The van der Waals surface area contributed by atoms with Crippen LogP contribution in [0, 0.1) is 0 Å². The van der Waals surface area contributed by atoms with E-state index >= 15 is 0 Å². The number of carbonyl (C=O) groups is 1. The van der Waals surface area contributed by atoms with E-state index < -0.39 is 5.97 Å². The van der Waals surface area contributed by atoms with E-state index in [2.05, 4.69) is 4.90 Å². The molecule has 0 aromatic carbocycles. The SMILES string of the molecule is CC(=CCCN1CCCC1)C(=O)O. The van der Waals surface area contributed by atoms with Crippen molar-refractivity contribution in [2.24, 2.45) is 0 Å². The smallest absolute Gasteiger partial charge is 0.330 e. The van der Waals surface area contributed by atoms with Crippen molar-refractivity contribution >= 4 is 5.97 Å². The van der Waals surface area contributed by atoms with Crippen molar-refractivity contribution in [2.45, 2.75) is 26.2 Å². The minimum absolute atomic E-state index is 0.458. The minimum atomic E-state index is -0.804. The van der Waals surface area contributed by atoms with Crippen molar-refractivity contribution in [3.8, 4) is 0 Å². The van der Waals surface area contributed by atoms with E-state index in [-0.39, 0.29) is 0 Å². The van der Waals surface area contributed by atoms with Crippen LogP contribution >= 0.6 is 0 Å². The lowest BCUT2D eigenvalue weighted by Crippen LogP contribution is -2.19. The van der Waals surface area contributed by atoms with Crippen LogP contribution in [0.1, 0.15) is 26.2 Å². The molecule has 0 spiro atoms. The van der Waals surface area contributed by atoms with E-state index in [1.807, 2.05) is 0 Å². The van der Waals surface area contributed by atoms with Crippen LogP contribution < -0.4 is 0 Å². The molecular weight excluding hydrogens is 166 g/mol. The van der Waals surface area contributed by atoms with Gasteiger partial charge in [-0.1, -0.05) is 6.08 Å². The van der Waals surface area contributed by atoms with Crippen molar-refractivity contribution in [3.63, 3.8) is 0 Å². The number of nitrogens with zero attached hydrogens (tertiary/aromatic N) is 1. The first kappa shape index (κ1) is 10.3. The predicted octanol–water partition coefficient (Wildman–Crippen LogP) is 1.50. The monoisotopic (exact) mass is 183 g/mol. The van der Waals surface area contributed by atoms with Crippen molar-refractivity contribution < 1.29 is 9.90 Å². The lowest BCUT2D eigenvalue weighted by molar-refractivity contribution is -0.132. The summed E-state index contributed by atoms with van der Waals surface area (Å²) in [7, 11) is 0. The molecule has 0 bridgehead atoms. The summed E-state index contributed by atoms with van der Waals surface area (Å²) in [6.45, 7) is 5.01. The maximum atomic E-state index is 10.4. The Morgan fingerprint density at radius 3 is 2.62 bits per heavy atom. The average Bonchev–Trinajstić information content (AvgIpc) is 2.56. The van der Waals surface area contributed by atoms with Gasteiger partial charge in [-0.25, -0.2) is 4.79 Å². The number of rotatable bonds is 4. The second kappa shape index (κ2) is 5.02. The maximum Gasteiger partial charge on any atom is 0.330 e. The summed E-state index contributed by atoms with van der Waals surface area (Å²) < 4.78 is 0. The van der Waals surface area contributed by atoms with Crippen LogP contribution in [0.4, 0.5) is 0 Å².